The second-order valence-electron chi connectivity index (χ2n) is 5.55. The lowest BCUT2D eigenvalue weighted by atomic mass is 10.0. The summed E-state index contributed by atoms with van der Waals surface area (Å²) in [7, 11) is 0. The van der Waals surface area contributed by atoms with E-state index in [1.54, 1.807) is 24.3 Å². The molecular formula is C16H20ClNO3. The second kappa shape index (κ2) is 7.46. The van der Waals surface area contributed by atoms with Gasteiger partial charge in [0.25, 0.3) is 0 Å². The first-order valence-corrected chi connectivity index (χ1v) is 7.72. The van der Waals surface area contributed by atoms with Gasteiger partial charge in [0, 0.05) is 17.0 Å². The fraction of sp³-hybridized carbons (Fsp3) is 0.500. The first-order chi connectivity index (χ1) is 10.1. The first kappa shape index (κ1) is 15.8. The molecule has 4 nitrogen and oxygen atoms in total. The number of aliphatic carboxylic acids is 1. The quantitative estimate of drug-likeness (QED) is 0.844. The summed E-state index contributed by atoms with van der Waals surface area (Å²) in [5.41, 5.74) is 0.417. The molecule has 2 N–H and O–H groups in total. The maximum absolute atomic E-state index is 12.0. The minimum Gasteiger partial charge on any atom is -0.479 e. The molecule has 0 spiro atoms. The Morgan fingerprint density at radius 1 is 1.29 bits per heavy atom. The number of carboxylic acid groups (broad SMARTS) is 1. The summed E-state index contributed by atoms with van der Waals surface area (Å²) in [6.07, 6.45) is 6.05. The average Bonchev–Trinajstić information content (AvgIpc) is 2.96. The molecule has 0 bridgehead atoms. The van der Waals surface area contributed by atoms with E-state index in [0.717, 1.165) is 6.42 Å². The van der Waals surface area contributed by atoms with E-state index in [2.05, 4.69) is 5.32 Å². The van der Waals surface area contributed by atoms with Crippen LogP contribution < -0.4 is 5.32 Å². The zero-order valence-corrected chi connectivity index (χ0v) is 12.6. The number of carboxylic acids is 1. The molecule has 0 radical (unpaired) electrons. The van der Waals surface area contributed by atoms with Gasteiger partial charge in [-0.15, -0.1) is 0 Å². The van der Waals surface area contributed by atoms with Crippen molar-refractivity contribution in [1.82, 2.24) is 5.32 Å². The van der Waals surface area contributed by atoms with Crippen LogP contribution in [0.2, 0.25) is 5.02 Å². The zero-order chi connectivity index (χ0) is 15.2. The number of halogens is 1. The van der Waals surface area contributed by atoms with Gasteiger partial charge in [-0.25, -0.2) is 4.79 Å². The Hall–Kier alpha value is -1.55. The fourth-order valence-electron chi connectivity index (χ4n) is 2.85. The Bertz CT molecular complexity index is 512. The standard InChI is InChI=1S/C16H20ClNO3/c17-13-8-4-3-7-12(13)15(16(20)21)18-14(19)10-9-11-5-1-2-6-11/h3-4,7-8,11,15H,1-2,5-6,9-10H2,(H,18,19)(H,20,21)/t15-/m1/s1. The Kier molecular flexibility index (Phi) is 5.62. The van der Waals surface area contributed by atoms with Crippen molar-refractivity contribution in [2.45, 2.75) is 44.6 Å². The monoisotopic (exact) mass is 309 g/mol. The topological polar surface area (TPSA) is 66.4 Å². The summed E-state index contributed by atoms with van der Waals surface area (Å²) >= 11 is 6.01. The van der Waals surface area contributed by atoms with Gasteiger partial charge in [0.1, 0.15) is 0 Å². The minimum absolute atomic E-state index is 0.228. The number of amides is 1. The summed E-state index contributed by atoms with van der Waals surface area (Å²) < 4.78 is 0. The maximum atomic E-state index is 12.0. The molecule has 0 aliphatic heterocycles. The van der Waals surface area contributed by atoms with Crippen molar-refractivity contribution in [2.75, 3.05) is 0 Å². The van der Waals surface area contributed by atoms with Crippen LogP contribution in [0.1, 0.15) is 50.1 Å². The highest BCUT2D eigenvalue weighted by atomic mass is 35.5. The lowest BCUT2D eigenvalue weighted by Crippen LogP contribution is -2.34. The predicted octanol–water partition coefficient (Wildman–Crippen LogP) is 3.55. The highest BCUT2D eigenvalue weighted by molar-refractivity contribution is 6.31. The Morgan fingerprint density at radius 2 is 1.95 bits per heavy atom. The van der Waals surface area contributed by atoms with E-state index in [4.69, 9.17) is 11.6 Å². The summed E-state index contributed by atoms with van der Waals surface area (Å²) in [5, 5.41) is 12.2. The molecule has 0 saturated heterocycles. The molecule has 1 fully saturated rings. The van der Waals surface area contributed by atoms with E-state index in [0.29, 0.717) is 22.9 Å². The minimum atomic E-state index is -1.10. The molecule has 114 valence electrons. The van der Waals surface area contributed by atoms with E-state index in [1.165, 1.54) is 25.7 Å². The van der Waals surface area contributed by atoms with Gasteiger partial charge in [-0.05, 0) is 18.4 Å². The number of rotatable bonds is 6. The molecule has 0 aromatic heterocycles. The van der Waals surface area contributed by atoms with Crippen LogP contribution in [-0.2, 0) is 9.59 Å². The van der Waals surface area contributed by atoms with Crippen molar-refractivity contribution in [1.29, 1.82) is 0 Å². The predicted molar refractivity (Wildman–Crippen MR) is 81.2 cm³/mol. The number of carbonyl (C=O) groups excluding carboxylic acids is 1. The third kappa shape index (κ3) is 4.46. The van der Waals surface area contributed by atoms with E-state index >= 15 is 0 Å². The number of benzene rings is 1. The normalized spacial score (nSPS) is 16.6. The van der Waals surface area contributed by atoms with E-state index in [1.807, 2.05) is 0 Å². The largest absolute Gasteiger partial charge is 0.479 e. The van der Waals surface area contributed by atoms with Gasteiger partial charge in [0.15, 0.2) is 6.04 Å². The van der Waals surface area contributed by atoms with Gasteiger partial charge < -0.3 is 10.4 Å². The molecule has 1 saturated carbocycles. The van der Waals surface area contributed by atoms with Crippen LogP contribution in [0.25, 0.3) is 0 Å². The van der Waals surface area contributed by atoms with Crippen LogP contribution in [0.5, 0.6) is 0 Å². The van der Waals surface area contributed by atoms with Crippen LogP contribution >= 0.6 is 11.6 Å². The van der Waals surface area contributed by atoms with Crippen molar-refractivity contribution in [3.05, 3.63) is 34.9 Å². The van der Waals surface area contributed by atoms with Crippen molar-refractivity contribution in [3.63, 3.8) is 0 Å². The second-order valence-corrected chi connectivity index (χ2v) is 5.96. The number of hydrogen-bond acceptors (Lipinski definition) is 2. The molecule has 2 rings (SSSR count). The van der Waals surface area contributed by atoms with Gasteiger partial charge in [-0.3, -0.25) is 4.79 Å². The lowest BCUT2D eigenvalue weighted by molar-refractivity contribution is -0.142. The molecule has 0 unspecified atom stereocenters. The molecule has 1 atom stereocenters. The highest BCUT2D eigenvalue weighted by Crippen LogP contribution is 2.29. The van der Waals surface area contributed by atoms with Crippen LogP contribution in [0.3, 0.4) is 0 Å². The third-order valence-electron chi connectivity index (χ3n) is 4.02. The molecule has 1 aromatic rings. The van der Waals surface area contributed by atoms with Gasteiger partial charge in [0.05, 0.1) is 0 Å². The highest BCUT2D eigenvalue weighted by Gasteiger charge is 2.24. The number of hydrogen-bond donors (Lipinski definition) is 2. The van der Waals surface area contributed by atoms with Gasteiger partial charge in [-0.2, -0.15) is 0 Å². The average molecular weight is 310 g/mol. The fourth-order valence-corrected chi connectivity index (χ4v) is 3.09. The molecule has 5 heteroatoms. The SMILES string of the molecule is O=C(CCC1CCCC1)N[C@@H](C(=O)O)c1ccccc1Cl. The molecule has 1 aliphatic rings. The van der Waals surface area contributed by atoms with E-state index in [9.17, 15) is 14.7 Å². The summed E-state index contributed by atoms with van der Waals surface area (Å²) in [6, 6.07) is 5.60. The molecular weight excluding hydrogens is 290 g/mol. The molecule has 1 amide bonds. The number of nitrogens with one attached hydrogen (secondary N) is 1. The summed E-state index contributed by atoms with van der Waals surface area (Å²) in [5.74, 6) is -0.717. The van der Waals surface area contributed by atoms with Gasteiger partial charge >= 0.3 is 5.97 Å². The van der Waals surface area contributed by atoms with Crippen LogP contribution in [0.4, 0.5) is 0 Å². The van der Waals surface area contributed by atoms with Crippen LogP contribution in [0.15, 0.2) is 24.3 Å². The third-order valence-corrected chi connectivity index (χ3v) is 4.37. The summed E-state index contributed by atoms with van der Waals surface area (Å²) in [6.45, 7) is 0. The number of carbonyl (C=O) groups is 2. The van der Waals surface area contributed by atoms with Crippen LogP contribution in [0, 0.1) is 5.92 Å². The Balaban J connectivity index is 1.94. The van der Waals surface area contributed by atoms with Crippen LogP contribution in [-0.4, -0.2) is 17.0 Å². The molecule has 0 heterocycles. The lowest BCUT2D eigenvalue weighted by Gasteiger charge is -2.17. The summed E-state index contributed by atoms with van der Waals surface area (Å²) in [4.78, 5) is 23.4. The van der Waals surface area contributed by atoms with Crippen molar-refractivity contribution < 1.29 is 14.7 Å². The Labute approximate surface area is 129 Å². The zero-order valence-electron chi connectivity index (χ0n) is 11.8. The smallest absolute Gasteiger partial charge is 0.330 e. The van der Waals surface area contributed by atoms with Crippen molar-refractivity contribution in [3.8, 4) is 0 Å². The maximum Gasteiger partial charge on any atom is 0.330 e. The van der Waals surface area contributed by atoms with E-state index in [-0.39, 0.29) is 5.91 Å². The molecule has 1 aromatic carbocycles. The molecule has 21 heavy (non-hydrogen) atoms. The van der Waals surface area contributed by atoms with Gasteiger partial charge in [0.2, 0.25) is 5.91 Å². The van der Waals surface area contributed by atoms with E-state index < -0.39 is 12.0 Å². The first-order valence-electron chi connectivity index (χ1n) is 7.34. The van der Waals surface area contributed by atoms with Crippen molar-refractivity contribution >= 4 is 23.5 Å². The Morgan fingerprint density at radius 3 is 2.57 bits per heavy atom. The van der Waals surface area contributed by atoms with Crippen molar-refractivity contribution in [2.24, 2.45) is 5.92 Å². The molecule has 1 aliphatic carbocycles. The van der Waals surface area contributed by atoms with Gasteiger partial charge in [-0.1, -0.05) is 55.5 Å².